The average Bonchev–Trinajstić information content (AvgIpc) is 2.86. The molecule has 4 atom stereocenters. The van der Waals surface area contributed by atoms with E-state index in [1.54, 1.807) is 0 Å². The Labute approximate surface area is 179 Å². The number of hydrogen-bond acceptors (Lipinski definition) is 1. The van der Waals surface area contributed by atoms with Gasteiger partial charge in [-0.3, -0.25) is 0 Å². The number of likely N-dealkylation sites (N-methyl/N-ethyl adjacent to an activating group) is 1. The van der Waals surface area contributed by atoms with Gasteiger partial charge in [-0.25, -0.2) is 0 Å². The average molecular weight is 390 g/mol. The Balaban J connectivity index is 2.65. The minimum atomic E-state index is 0.445. The molecule has 0 aromatic heterocycles. The number of hydrogen-bond donors (Lipinski definition) is 1. The van der Waals surface area contributed by atoms with Gasteiger partial charge in [0.25, 0.3) is 0 Å². The Morgan fingerprint density at radius 2 is 1.79 bits per heavy atom. The third-order valence-corrected chi connectivity index (χ3v) is 6.03. The van der Waals surface area contributed by atoms with Crippen LogP contribution in [0.4, 0.5) is 0 Å². The summed E-state index contributed by atoms with van der Waals surface area (Å²) < 4.78 is 0. The zero-order chi connectivity index (χ0) is 21.2. The highest BCUT2D eigenvalue weighted by Gasteiger charge is 2.27. The molecule has 0 heterocycles. The third-order valence-electron chi connectivity index (χ3n) is 6.03. The monoisotopic (exact) mass is 389 g/mol. The lowest BCUT2D eigenvalue weighted by molar-refractivity contribution is 0.276. The molecule has 1 nitrogen and oxygen atoms in total. The van der Waals surface area contributed by atoms with Crippen molar-refractivity contribution in [3.05, 3.63) is 95.7 Å². The van der Waals surface area contributed by atoms with Gasteiger partial charge in [-0.15, -0.1) is 0 Å². The minimum Gasteiger partial charge on any atom is -0.316 e. The molecule has 0 amide bonds. The summed E-state index contributed by atoms with van der Waals surface area (Å²) in [6.45, 7) is 14.3. The molecular formula is C28H39N. The molecule has 0 bridgehead atoms. The molecule has 0 aromatic rings. The molecule has 0 aromatic carbocycles. The van der Waals surface area contributed by atoms with Crippen LogP contribution in [0.2, 0.25) is 0 Å². The van der Waals surface area contributed by atoms with Crippen molar-refractivity contribution in [3.63, 3.8) is 0 Å². The molecule has 29 heavy (non-hydrogen) atoms. The quantitative estimate of drug-likeness (QED) is 0.494. The standard InChI is InChI=1S/C28H39N/c1-7-12-24(13-8-2)27-19-25-16-10-9-15-22(4)28(25)26(20-29-6)17-11-14-21(3)18-23(27)5/h7-17,21,23-24,27,29H,4,18-20H2,1-3,5-6H3/b12-7-,13-8?,14-11-,26-17+. The van der Waals surface area contributed by atoms with E-state index in [1.807, 2.05) is 7.05 Å². The van der Waals surface area contributed by atoms with Crippen molar-refractivity contribution >= 4 is 0 Å². The Bertz CT molecular complexity index is 754. The molecule has 0 radical (unpaired) electrons. The zero-order valence-electron chi connectivity index (χ0n) is 19.0. The minimum absolute atomic E-state index is 0.445. The van der Waals surface area contributed by atoms with Gasteiger partial charge < -0.3 is 5.32 Å². The van der Waals surface area contributed by atoms with E-state index in [0.29, 0.717) is 23.7 Å². The van der Waals surface area contributed by atoms with Crippen molar-refractivity contribution < 1.29 is 0 Å². The van der Waals surface area contributed by atoms with Crippen molar-refractivity contribution in [1.29, 1.82) is 0 Å². The first-order chi connectivity index (χ1) is 14.0. The van der Waals surface area contributed by atoms with E-state index in [1.165, 1.54) is 23.1 Å². The van der Waals surface area contributed by atoms with Crippen LogP contribution in [0, 0.1) is 23.7 Å². The van der Waals surface area contributed by atoms with E-state index < -0.39 is 0 Å². The van der Waals surface area contributed by atoms with Gasteiger partial charge in [0.05, 0.1) is 0 Å². The van der Waals surface area contributed by atoms with Crippen molar-refractivity contribution in [1.82, 2.24) is 5.32 Å². The molecule has 1 N–H and O–H groups in total. The van der Waals surface area contributed by atoms with Crippen LogP contribution in [0.5, 0.6) is 0 Å². The van der Waals surface area contributed by atoms with Crippen LogP contribution in [0.25, 0.3) is 0 Å². The van der Waals surface area contributed by atoms with E-state index >= 15 is 0 Å². The Morgan fingerprint density at radius 3 is 2.45 bits per heavy atom. The normalized spacial score (nSPS) is 30.0. The topological polar surface area (TPSA) is 12.0 Å². The molecule has 2 aliphatic rings. The summed E-state index contributed by atoms with van der Waals surface area (Å²) in [6.07, 6.45) is 27.0. The maximum absolute atomic E-state index is 4.41. The second kappa shape index (κ2) is 11.8. The first-order valence-corrected chi connectivity index (χ1v) is 11.1. The van der Waals surface area contributed by atoms with Gasteiger partial charge >= 0.3 is 0 Å². The fraction of sp³-hybridized carbons (Fsp3) is 0.429. The largest absolute Gasteiger partial charge is 0.316 e. The van der Waals surface area contributed by atoms with E-state index in [-0.39, 0.29) is 0 Å². The third kappa shape index (κ3) is 6.44. The molecule has 2 aliphatic carbocycles. The van der Waals surface area contributed by atoms with E-state index in [4.69, 9.17) is 0 Å². The molecule has 0 aliphatic heterocycles. The molecule has 0 fully saturated rings. The van der Waals surface area contributed by atoms with Crippen LogP contribution >= 0.6 is 0 Å². The molecule has 0 saturated carbocycles. The second-order valence-corrected chi connectivity index (χ2v) is 8.44. The van der Waals surface area contributed by atoms with Gasteiger partial charge in [-0.1, -0.05) is 87.3 Å². The van der Waals surface area contributed by atoms with Crippen LogP contribution in [0.15, 0.2) is 95.7 Å². The summed E-state index contributed by atoms with van der Waals surface area (Å²) in [5, 5.41) is 3.36. The Morgan fingerprint density at radius 1 is 1.10 bits per heavy atom. The first kappa shape index (κ1) is 23.2. The Hall–Kier alpha value is -2.12. The van der Waals surface area contributed by atoms with Crippen molar-refractivity contribution in [2.24, 2.45) is 23.7 Å². The number of nitrogens with one attached hydrogen (secondary N) is 1. The summed E-state index contributed by atoms with van der Waals surface area (Å²) in [5.74, 6) is 2.17. The van der Waals surface area contributed by atoms with Gasteiger partial charge in [-0.2, -0.15) is 0 Å². The lowest BCUT2D eigenvalue weighted by Crippen LogP contribution is -2.22. The fourth-order valence-corrected chi connectivity index (χ4v) is 4.69. The predicted molar refractivity (Wildman–Crippen MR) is 130 cm³/mol. The molecule has 1 heteroatoms. The highest BCUT2D eigenvalue weighted by Crippen LogP contribution is 2.38. The van der Waals surface area contributed by atoms with Crippen LogP contribution in [0.3, 0.4) is 0 Å². The van der Waals surface area contributed by atoms with Crippen molar-refractivity contribution in [3.8, 4) is 0 Å². The lowest BCUT2D eigenvalue weighted by atomic mass is 9.73. The van der Waals surface area contributed by atoms with E-state index in [0.717, 1.165) is 18.5 Å². The highest BCUT2D eigenvalue weighted by atomic mass is 14.8. The number of allylic oxidation sites excluding steroid dienone is 13. The van der Waals surface area contributed by atoms with Gasteiger partial charge in [0.1, 0.15) is 0 Å². The summed E-state index contributed by atoms with van der Waals surface area (Å²) in [6, 6.07) is 0. The molecule has 156 valence electrons. The molecule has 0 saturated heterocycles. The first-order valence-electron chi connectivity index (χ1n) is 11.1. The molecule has 2 rings (SSSR count). The van der Waals surface area contributed by atoms with E-state index in [2.05, 4.69) is 106 Å². The van der Waals surface area contributed by atoms with E-state index in [9.17, 15) is 0 Å². The van der Waals surface area contributed by atoms with Gasteiger partial charge in [0, 0.05) is 6.54 Å². The SMILES string of the molecule is C=C1C=CC=CC2=C1/C(CNC)=C/C=C\C(C)CC(C)C(C(C=CC)/C=C\C)C2. The summed E-state index contributed by atoms with van der Waals surface area (Å²) in [4.78, 5) is 0. The van der Waals surface area contributed by atoms with Crippen LogP contribution in [-0.4, -0.2) is 13.6 Å². The van der Waals surface area contributed by atoms with Crippen LogP contribution < -0.4 is 5.32 Å². The summed E-state index contributed by atoms with van der Waals surface area (Å²) >= 11 is 0. The second-order valence-electron chi connectivity index (χ2n) is 8.44. The zero-order valence-corrected chi connectivity index (χ0v) is 19.0. The maximum Gasteiger partial charge on any atom is 0.0208 e. The number of rotatable bonds is 5. The fourth-order valence-electron chi connectivity index (χ4n) is 4.69. The van der Waals surface area contributed by atoms with Crippen molar-refractivity contribution in [2.45, 2.75) is 40.5 Å². The smallest absolute Gasteiger partial charge is 0.0208 e. The molecular weight excluding hydrogens is 350 g/mol. The molecule has 4 unspecified atom stereocenters. The predicted octanol–water partition coefficient (Wildman–Crippen LogP) is 7.12. The van der Waals surface area contributed by atoms with Crippen LogP contribution in [0.1, 0.15) is 40.5 Å². The van der Waals surface area contributed by atoms with Gasteiger partial charge in [0.2, 0.25) is 0 Å². The summed E-state index contributed by atoms with van der Waals surface area (Å²) in [7, 11) is 2.02. The highest BCUT2D eigenvalue weighted by molar-refractivity contribution is 5.59. The van der Waals surface area contributed by atoms with Gasteiger partial charge in [-0.05, 0) is 79.7 Å². The van der Waals surface area contributed by atoms with Gasteiger partial charge in [0.15, 0.2) is 0 Å². The van der Waals surface area contributed by atoms with Crippen molar-refractivity contribution in [2.75, 3.05) is 13.6 Å². The summed E-state index contributed by atoms with van der Waals surface area (Å²) in [5.41, 5.74) is 5.13. The Kier molecular flexibility index (Phi) is 9.41. The molecule has 0 spiro atoms. The van der Waals surface area contributed by atoms with Crippen LogP contribution in [-0.2, 0) is 0 Å². The maximum atomic E-state index is 4.41. The lowest BCUT2D eigenvalue weighted by Gasteiger charge is -2.31.